The predicted octanol–water partition coefficient (Wildman–Crippen LogP) is 5.85. The first-order chi connectivity index (χ1) is 10.0. The number of aryl methyl sites for hydroxylation is 1. The van der Waals surface area contributed by atoms with Gasteiger partial charge >= 0.3 is 0 Å². The van der Waals surface area contributed by atoms with Crippen LogP contribution in [0.15, 0.2) is 36.4 Å². The van der Waals surface area contributed by atoms with Crippen LogP contribution in [0, 0.1) is 6.92 Å². The van der Waals surface area contributed by atoms with Crippen molar-refractivity contribution in [3.63, 3.8) is 0 Å². The molecule has 0 aromatic heterocycles. The van der Waals surface area contributed by atoms with Crippen LogP contribution in [-0.4, -0.2) is 6.54 Å². The molecule has 1 N–H and O–H groups in total. The van der Waals surface area contributed by atoms with E-state index in [1.165, 1.54) is 0 Å². The van der Waals surface area contributed by atoms with E-state index < -0.39 is 0 Å². The standard InChI is InChI=1S/C17H18Cl3N/c1-3-21-17(14-10-13(18)6-7-15(14)19)9-12-5-4-11(2)8-16(12)20/h4-8,10,17,21H,3,9H2,1-2H3. The molecule has 0 aliphatic rings. The lowest BCUT2D eigenvalue weighted by atomic mass is 9.98. The molecule has 2 aromatic rings. The fourth-order valence-corrected chi connectivity index (χ4v) is 3.10. The minimum atomic E-state index is 0.0846. The molecule has 0 saturated heterocycles. The van der Waals surface area contributed by atoms with Crippen molar-refractivity contribution in [3.05, 3.63) is 68.2 Å². The Balaban J connectivity index is 2.32. The highest BCUT2D eigenvalue weighted by molar-refractivity contribution is 6.33. The van der Waals surface area contributed by atoms with Crippen molar-refractivity contribution in [2.45, 2.75) is 26.3 Å². The summed E-state index contributed by atoms with van der Waals surface area (Å²) in [6, 6.07) is 11.8. The summed E-state index contributed by atoms with van der Waals surface area (Å²) in [5.74, 6) is 0. The van der Waals surface area contributed by atoms with Gasteiger partial charge in [-0.2, -0.15) is 0 Å². The molecule has 0 fully saturated rings. The lowest BCUT2D eigenvalue weighted by Gasteiger charge is -2.21. The highest BCUT2D eigenvalue weighted by Gasteiger charge is 2.16. The Morgan fingerprint density at radius 3 is 2.43 bits per heavy atom. The first-order valence-electron chi connectivity index (χ1n) is 6.94. The minimum Gasteiger partial charge on any atom is -0.310 e. The molecule has 21 heavy (non-hydrogen) atoms. The maximum atomic E-state index is 6.35. The molecule has 4 heteroatoms. The Labute approximate surface area is 141 Å². The second-order valence-electron chi connectivity index (χ2n) is 5.08. The van der Waals surface area contributed by atoms with Crippen molar-refractivity contribution in [3.8, 4) is 0 Å². The van der Waals surface area contributed by atoms with Crippen LogP contribution < -0.4 is 5.32 Å². The maximum absolute atomic E-state index is 6.35. The molecule has 0 bridgehead atoms. The molecule has 0 spiro atoms. The van der Waals surface area contributed by atoms with Crippen molar-refractivity contribution < 1.29 is 0 Å². The number of halogens is 3. The Morgan fingerprint density at radius 2 is 1.76 bits per heavy atom. The monoisotopic (exact) mass is 341 g/mol. The van der Waals surface area contributed by atoms with E-state index in [2.05, 4.69) is 24.4 Å². The normalized spacial score (nSPS) is 12.4. The summed E-state index contributed by atoms with van der Waals surface area (Å²) in [6.07, 6.45) is 0.771. The van der Waals surface area contributed by atoms with Gasteiger partial charge in [0, 0.05) is 21.1 Å². The predicted molar refractivity (Wildman–Crippen MR) is 92.8 cm³/mol. The summed E-state index contributed by atoms with van der Waals surface area (Å²) < 4.78 is 0. The molecule has 1 nitrogen and oxygen atoms in total. The van der Waals surface area contributed by atoms with Crippen LogP contribution in [-0.2, 0) is 6.42 Å². The second kappa shape index (κ2) is 7.51. The molecule has 2 aromatic carbocycles. The Bertz CT molecular complexity index is 625. The van der Waals surface area contributed by atoms with Crippen LogP contribution in [0.4, 0.5) is 0 Å². The van der Waals surface area contributed by atoms with Crippen molar-refractivity contribution in [1.82, 2.24) is 5.32 Å². The number of hydrogen-bond acceptors (Lipinski definition) is 1. The number of nitrogens with one attached hydrogen (secondary N) is 1. The molecule has 1 unspecified atom stereocenters. The van der Waals surface area contributed by atoms with Gasteiger partial charge in [0.2, 0.25) is 0 Å². The summed E-state index contributed by atoms with van der Waals surface area (Å²) in [6.45, 7) is 4.95. The lowest BCUT2D eigenvalue weighted by Crippen LogP contribution is -2.23. The van der Waals surface area contributed by atoms with E-state index >= 15 is 0 Å². The zero-order valence-corrected chi connectivity index (χ0v) is 14.4. The largest absolute Gasteiger partial charge is 0.310 e. The highest BCUT2D eigenvalue weighted by Crippen LogP contribution is 2.30. The summed E-state index contributed by atoms with van der Waals surface area (Å²) in [7, 11) is 0. The molecule has 0 amide bonds. The molecule has 0 aliphatic heterocycles. The lowest BCUT2D eigenvalue weighted by molar-refractivity contribution is 0.550. The highest BCUT2D eigenvalue weighted by atomic mass is 35.5. The number of benzene rings is 2. The minimum absolute atomic E-state index is 0.0846. The number of rotatable bonds is 5. The average molecular weight is 343 g/mol. The van der Waals surface area contributed by atoms with E-state index in [0.717, 1.165) is 34.7 Å². The Morgan fingerprint density at radius 1 is 1.00 bits per heavy atom. The van der Waals surface area contributed by atoms with Gasteiger partial charge in [-0.3, -0.25) is 0 Å². The van der Waals surface area contributed by atoms with Crippen LogP contribution in [0.2, 0.25) is 15.1 Å². The average Bonchev–Trinajstić information content (AvgIpc) is 2.44. The van der Waals surface area contributed by atoms with Crippen molar-refractivity contribution in [2.24, 2.45) is 0 Å². The van der Waals surface area contributed by atoms with Gasteiger partial charge in [-0.25, -0.2) is 0 Å². The summed E-state index contributed by atoms with van der Waals surface area (Å²) in [4.78, 5) is 0. The van der Waals surface area contributed by atoms with Crippen molar-refractivity contribution in [1.29, 1.82) is 0 Å². The van der Waals surface area contributed by atoms with Gasteiger partial charge in [-0.1, -0.05) is 53.9 Å². The molecule has 0 aliphatic carbocycles. The smallest absolute Gasteiger partial charge is 0.0454 e. The van der Waals surface area contributed by atoms with Gasteiger partial charge in [0.05, 0.1) is 0 Å². The van der Waals surface area contributed by atoms with E-state index in [1.54, 1.807) is 6.07 Å². The topological polar surface area (TPSA) is 12.0 Å². The maximum Gasteiger partial charge on any atom is 0.0454 e. The number of likely N-dealkylation sites (N-methyl/N-ethyl adjacent to an activating group) is 1. The summed E-state index contributed by atoms with van der Waals surface area (Å²) in [5, 5.41) is 5.65. The van der Waals surface area contributed by atoms with E-state index in [4.69, 9.17) is 34.8 Å². The van der Waals surface area contributed by atoms with Gasteiger partial charge in [-0.15, -0.1) is 0 Å². The van der Waals surface area contributed by atoms with E-state index in [9.17, 15) is 0 Å². The van der Waals surface area contributed by atoms with Gasteiger partial charge < -0.3 is 5.32 Å². The first kappa shape index (κ1) is 16.6. The van der Waals surface area contributed by atoms with E-state index in [0.29, 0.717) is 10.0 Å². The Kier molecular flexibility index (Phi) is 5.95. The molecule has 0 heterocycles. The van der Waals surface area contributed by atoms with Crippen LogP contribution in [0.3, 0.4) is 0 Å². The third kappa shape index (κ3) is 4.37. The fourth-order valence-electron chi connectivity index (χ4n) is 2.36. The molecular weight excluding hydrogens is 325 g/mol. The SMILES string of the molecule is CCNC(Cc1ccc(C)cc1Cl)c1cc(Cl)ccc1Cl. The molecule has 0 saturated carbocycles. The van der Waals surface area contributed by atoms with Crippen molar-refractivity contribution >= 4 is 34.8 Å². The van der Waals surface area contributed by atoms with Gasteiger partial charge in [-0.05, 0) is 60.8 Å². The third-order valence-corrected chi connectivity index (χ3v) is 4.35. The molecule has 2 rings (SSSR count). The van der Waals surface area contributed by atoms with E-state index in [-0.39, 0.29) is 6.04 Å². The Hall–Kier alpha value is -0.730. The van der Waals surface area contributed by atoms with Crippen LogP contribution in [0.5, 0.6) is 0 Å². The quantitative estimate of drug-likeness (QED) is 0.719. The zero-order chi connectivity index (χ0) is 15.4. The van der Waals surface area contributed by atoms with Crippen LogP contribution in [0.25, 0.3) is 0 Å². The second-order valence-corrected chi connectivity index (χ2v) is 6.33. The number of hydrogen-bond donors (Lipinski definition) is 1. The third-order valence-electron chi connectivity index (χ3n) is 3.42. The zero-order valence-electron chi connectivity index (χ0n) is 12.1. The van der Waals surface area contributed by atoms with Crippen LogP contribution >= 0.6 is 34.8 Å². The summed E-state index contributed by atoms with van der Waals surface area (Å²) >= 11 is 18.8. The van der Waals surface area contributed by atoms with Crippen LogP contribution in [0.1, 0.15) is 29.7 Å². The van der Waals surface area contributed by atoms with E-state index in [1.807, 2.05) is 25.1 Å². The first-order valence-corrected chi connectivity index (χ1v) is 8.08. The van der Waals surface area contributed by atoms with Gasteiger partial charge in [0.25, 0.3) is 0 Å². The van der Waals surface area contributed by atoms with Crippen molar-refractivity contribution in [2.75, 3.05) is 6.54 Å². The molecule has 112 valence electrons. The molecular formula is C17H18Cl3N. The summed E-state index contributed by atoms with van der Waals surface area (Å²) in [5.41, 5.74) is 3.26. The molecule has 1 atom stereocenters. The van der Waals surface area contributed by atoms with Gasteiger partial charge in [0.1, 0.15) is 0 Å². The fraction of sp³-hybridized carbons (Fsp3) is 0.294. The molecule has 0 radical (unpaired) electrons. The van der Waals surface area contributed by atoms with Gasteiger partial charge in [0.15, 0.2) is 0 Å².